The van der Waals surface area contributed by atoms with Gasteiger partial charge < -0.3 is 9.47 Å². The molecule has 8 heteroatoms. The van der Waals surface area contributed by atoms with Crippen LogP contribution in [0.25, 0.3) is 6.08 Å². The Labute approximate surface area is 192 Å². The predicted molar refractivity (Wildman–Crippen MR) is 123 cm³/mol. The Hall–Kier alpha value is -2.40. The van der Waals surface area contributed by atoms with E-state index in [0.29, 0.717) is 38.1 Å². The smallest absolute Gasteiger partial charge is 0.293 e. The molecule has 30 heavy (non-hydrogen) atoms. The molecule has 0 unspecified atom stereocenters. The molecule has 5 nitrogen and oxygen atoms in total. The largest absolute Gasteiger partial charge is 0.490 e. The molecule has 0 aliphatic carbocycles. The van der Waals surface area contributed by atoms with Crippen molar-refractivity contribution in [2.24, 2.45) is 0 Å². The Balaban J connectivity index is 1.85. The van der Waals surface area contributed by atoms with Crippen LogP contribution in [-0.4, -0.2) is 29.3 Å². The fraction of sp³-hybridized carbons (Fsp3) is 0.182. The molecule has 1 heterocycles. The minimum absolute atomic E-state index is 0.0988. The normalized spacial score (nSPS) is 14.9. The first-order chi connectivity index (χ1) is 14.4. The summed E-state index contributed by atoms with van der Waals surface area (Å²) in [6, 6.07) is 10.5. The summed E-state index contributed by atoms with van der Waals surface area (Å²) in [7, 11) is 0. The molecular formula is C22H17BrClNO4S. The van der Waals surface area contributed by atoms with Crippen LogP contribution in [0, 0.1) is 12.3 Å². The average molecular weight is 507 g/mol. The first-order valence-electron chi connectivity index (χ1n) is 8.95. The van der Waals surface area contributed by atoms with E-state index in [1.54, 1.807) is 42.5 Å². The molecule has 0 bridgehead atoms. The van der Waals surface area contributed by atoms with Crippen LogP contribution < -0.4 is 9.47 Å². The minimum Gasteiger partial charge on any atom is -0.490 e. The van der Waals surface area contributed by atoms with Crippen molar-refractivity contribution in [1.82, 2.24) is 4.90 Å². The van der Waals surface area contributed by atoms with Gasteiger partial charge in [0.05, 0.1) is 22.5 Å². The number of benzene rings is 2. The van der Waals surface area contributed by atoms with Crippen LogP contribution in [-0.2, 0) is 11.3 Å². The molecule has 0 aromatic heterocycles. The van der Waals surface area contributed by atoms with Crippen molar-refractivity contribution >= 4 is 56.5 Å². The zero-order chi connectivity index (χ0) is 21.7. The number of terminal acetylenes is 1. The molecule has 2 amide bonds. The van der Waals surface area contributed by atoms with Crippen molar-refractivity contribution < 1.29 is 19.1 Å². The summed E-state index contributed by atoms with van der Waals surface area (Å²) in [5.74, 6) is 3.05. The lowest BCUT2D eigenvalue weighted by Crippen LogP contribution is -2.27. The van der Waals surface area contributed by atoms with Crippen molar-refractivity contribution in [2.75, 3.05) is 13.2 Å². The summed E-state index contributed by atoms with van der Waals surface area (Å²) >= 11 is 10.2. The molecule has 154 valence electrons. The Morgan fingerprint density at radius 1 is 1.23 bits per heavy atom. The van der Waals surface area contributed by atoms with Crippen LogP contribution >= 0.6 is 39.3 Å². The Kier molecular flexibility index (Phi) is 7.48. The van der Waals surface area contributed by atoms with Crippen molar-refractivity contribution in [1.29, 1.82) is 0 Å². The van der Waals surface area contributed by atoms with Crippen LogP contribution in [0.3, 0.4) is 0 Å². The number of nitrogens with zero attached hydrogens (tertiary/aromatic N) is 1. The lowest BCUT2D eigenvalue weighted by atomic mass is 10.1. The molecule has 2 aromatic carbocycles. The van der Waals surface area contributed by atoms with Gasteiger partial charge in [0.25, 0.3) is 11.1 Å². The van der Waals surface area contributed by atoms with Gasteiger partial charge in [-0.1, -0.05) is 29.7 Å². The summed E-state index contributed by atoms with van der Waals surface area (Å²) in [5, 5.41) is 0.275. The number of amides is 2. The fourth-order valence-electron chi connectivity index (χ4n) is 2.75. The second-order valence-corrected chi connectivity index (χ2v) is 8.43. The van der Waals surface area contributed by atoms with Gasteiger partial charge in [-0.15, -0.1) is 6.42 Å². The highest BCUT2D eigenvalue weighted by Crippen LogP contribution is 2.39. The van der Waals surface area contributed by atoms with Crippen molar-refractivity contribution in [3.63, 3.8) is 0 Å². The molecule has 1 aliphatic rings. The van der Waals surface area contributed by atoms with Crippen LogP contribution in [0.4, 0.5) is 4.79 Å². The zero-order valence-corrected chi connectivity index (χ0v) is 19.1. The minimum atomic E-state index is -0.346. The second-order valence-electron chi connectivity index (χ2n) is 6.15. The summed E-state index contributed by atoms with van der Waals surface area (Å²) in [6.07, 6.45) is 6.93. The molecule has 2 aromatic rings. The van der Waals surface area contributed by atoms with Gasteiger partial charge in [0.15, 0.2) is 11.5 Å². The number of imide groups is 1. The third-order valence-corrected chi connectivity index (χ3v) is 5.81. The van der Waals surface area contributed by atoms with Gasteiger partial charge in [-0.2, -0.15) is 0 Å². The van der Waals surface area contributed by atoms with E-state index in [9.17, 15) is 9.59 Å². The first-order valence-corrected chi connectivity index (χ1v) is 10.9. The first kappa shape index (κ1) is 22.3. The SMILES string of the molecule is C#CCOc1c(Br)cc(/C=C2\SC(=O)N(Cc3ccc(Cl)cc3)C2=O)cc1OCC. The van der Waals surface area contributed by atoms with Crippen LogP contribution in [0.15, 0.2) is 45.8 Å². The fourth-order valence-corrected chi connectivity index (χ4v) is 4.29. The van der Waals surface area contributed by atoms with E-state index >= 15 is 0 Å². The van der Waals surface area contributed by atoms with Gasteiger partial charge in [0.2, 0.25) is 0 Å². The number of carbonyl (C=O) groups is 2. The van der Waals surface area contributed by atoms with Crippen molar-refractivity contribution in [2.45, 2.75) is 13.5 Å². The summed E-state index contributed by atoms with van der Waals surface area (Å²) in [6.45, 7) is 2.57. The summed E-state index contributed by atoms with van der Waals surface area (Å²) in [5.41, 5.74) is 1.51. The molecule has 1 saturated heterocycles. The number of ether oxygens (including phenoxy) is 2. The molecule has 1 fully saturated rings. The second kappa shape index (κ2) is 10.1. The van der Waals surface area contributed by atoms with Crippen LogP contribution in [0.2, 0.25) is 5.02 Å². The molecule has 1 aliphatic heterocycles. The van der Waals surface area contributed by atoms with Crippen molar-refractivity contribution in [3.05, 3.63) is 61.9 Å². The maximum absolute atomic E-state index is 12.8. The van der Waals surface area contributed by atoms with E-state index in [1.807, 2.05) is 6.92 Å². The lowest BCUT2D eigenvalue weighted by molar-refractivity contribution is -0.123. The molecule has 0 radical (unpaired) electrons. The Bertz CT molecular complexity index is 1050. The highest BCUT2D eigenvalue weighted by Gasteiger charge is 2.35. The van der Waals surface area contributed by atoms with Gasteiger partial charge in [-0.3, -0.25) is 14.5 Å². The summed E-state index contributed by atoms with van der Waals surface area (Å²) < 4.78 is 11.8. The lowest BCUT2D eigenvalue weighted by Gasteiger charge is -2.13. The Morgan fingerprint density at radius 2 is 1.97 bits per heavy atom. The Morgan fingerprint density at radius 3 is 2.63 bits per heavy atom. The number of thioether (sulfide) groups is 1. The molecule has 3 rings (SSSR count). The number of halogens is 2. The van der Waals surface area contributed by atoms with Gasteiger partial charge in [0, 0.05) is 5.02 Å². The van der Waals surface area contributed by atoms with Gasteiger partial charge >= 0.3 is 0 Å². The molecule has 0 saturated carbocycles. The van der Waals surface area contributed by atoms with Crippen LogP contribution in [0.1, 0.15) is 18.1 Å². The third kappa shape index (κ3) is 5.20. The monoisotopic (exact) mass is 505 g/mol. The van der Waals surface area contributed by atoms with E-state index in [-0.39, 0.29) is 24.3 Å². The number of rotatable bonds is 7. The maximum atomic E-state index is 12.8. The van der Waals surface area contributed by atoms with Gasteiger partial charge in [-0.25, -0.2) is 0 Å². The number of hydrogen-bond donors (Lipinski definition) is 0. The molecule has 0 atom stereocenters. The molecule has 0 spiro atoms. The van der Waals surface area contributed by atoms with E-state index in [2.05, 4.69) is 21.9 Å². The van der Waals surface area contributed by atoms with E-state index in [1.165, 1.54) is 4.90 Å². The highest BCUT2D eigenvalue weighted by atomic mass is 79.9. The zero-order valence-electron chi connectivity index (χ0n) is 16.0. The number of carbonyl (C=O) groups excluding carboxylic acids is 2. The quantitative estimate of drug-likeness (QED) is 0.353. The van der Waals surface area contributed by atoms with E-state index < -0.39 is 0 Å². The van der Waals surface area contributed by atoms with Crippen molar-refractivity contribution in [3.8, 4) is 23.8 Å². The maximum Gasteiger partial charge on any atom is 0.293 e. The topological polar surface area (TPSA) is 55.8 Å². The highest BCUT2D eigenvalue weighted by molar-refractivity contribution is 9.10. The standard InChI is InChI=1S/C22H17BrClNO4S/c1-3-9-29-20-17(23)10-15(11-18(20)28-4-2)12-19-21(26)25(22(27)30-19)13-14-5-7-16(24)8-6-14/h1,5-8,10-12H,4,9,13H2,2H3/b19-12-. The number of hydrogen-bond acceptors (Lipinski definition) is 5. The third-order valence-electron chi connectivity index (χ3n) is 4.06. The van der Waals surface area contributed by atoms with E-state index in [4.69, 9.17) is 27.5 Å². The van der Waals surface area contributed by atoms with Gasteiger partial charge in [0.1, 0.15) is 6.61 Å². The van der Waals surface area contributed by atoms with Gasteiger partial charge in [-0.05, 0) is 76.1 Å². The molecular weight excluding hydrogens is 490 g/mol. The molecule has 0 N–H and O–H groups in total. The van der Waals surface area contributed by atoms with E-state index in [0.717, 1.165) is 17.3 Å². The van der Waals surface area contributed by atoms with Crippen LogP contribution in [0.5, 0.6) is 11.5 Å². The predicted octanol–water partition coefficient (Wildman–Crippen LogP) is 5.75. The summed E-state index contributed by atoms with van der Waals surface area (Å²) in [4.78, 5) is 26.7. The average Bonchev–Trinajstić information content (AvgIpc) is 2.96.